The molecule has 2 fully saturated rings. The largest absolute Gasteiger partial charge is 0.379 e. The predicted octanol–water partition coefficient (Wildman–Crippen LogP) is 2.53. The maximum absolute atomic E-state index is 12.7. The van der Waals surface area contributed by atoms with E-state index in [-0.39, 0.29) is 24.2 Å². The summed E-state index contributed by atoms with van der Waals surface area (Å²) in [5.41, 5.74) is 1.20. The van der Waals surface area contributed by atoms with Gasteiger partial charge in [-0.05, 0) is 35.2 Å². The van der Waals surface area contributed by atoms with Crippen molar-refractivity contribution >= 4 is 17.2 Å². The topological polar surface area (TPSA) is 41.6 Å². The Morgan fingerprint density at radius 3 is 3.10 bits per heavy atom. The molecule has 3 unspecified atom stereocenters. The zero-order valence-electron chi connectivity index (χ0n) is 11.9. The minimum absolute atomic E-state index is 0.0274. The number of amides is 1. The van der Waals surface area contributed by atoms with Gasteiger partial charge in [-0.15, -0.1) is 0 Å². The van der Waals surface area contributed by atoms with Gasteiger partial charge in [0.2, 0.25) is 5.91 Å². The monoisotopic (exact) mass is 294 g/mol. The van der Waals surface area contributed by atoms with Crippen LogP contribution in [0.1, 0.15) is 44.3 Å². The maximum Gasteiger partial charge on any atom is 0.241 e. The van der Waals surface area contributed by atoms with Crippen molar-refractivity contribution in [1.29, 1.82) is 0 Å². The average molecular weight is 294 g/mol. The molecular formula is C15H22N2O2S. The Hall–Kier alpha value is -0.910. The fourth-order valence-corrected chi connectivity index (χ4v) is 3.76. The second kappa shape index (κ2) is 6.24. The molecule has 20 heavy (non-hydrogen) atoms. The van der Waals surface area contributed by atoms with E-state index in [1.807, 2.05) is 4.90 Å². The van der Waals surface area contributed by atoms with E-state index in [9.17, 15) is 4.79 Å². The first-order valence-corrected chi connectivity index (χ1v) is 8.43. The van der Waals surface area contributed by atoms with Gasteiger partial charge in [0.05, 0.1) is 18.7 Å². The summed E-state index contributed by atoms with van der Waals surface area (Å²) in [6.45, 7) is 3.61. The average Bonchev–Trinajstić information content (AvgIpc) is 3.17. The number of hydrogen-bond donors (Lipinski definition) is 1. The van der Waals surface area contributed by atoms with Crippen LogP contribution in [0.3, 0.4) is 0 Å². The molecule has 2 aliphatic heterocycles. The maximum atomic E-state index is 12.7. The van der Waals surface area contributed by atoms with Crippen LogP contribution in [-0.2, 0) is 9.53 Å². The van der Waals surface area contributed by atoms with Gasteiger partial charge in [0, 0.05) is 6.61 Å². The summed E-state index contributed by atoms with van der Waals surface area (Å²) < 4.78 is 5.48. The Labute approximate surface area is 124 Å². The number of carbonyl (C=O) groups is 1. The van der Waals surface area contributed by atoms with Crippen molar-refractivity contribution in [3.63, 3.8) is 0 Å². The van der Waals surface area contributed by atoms with Gasteiger partial charge >= 0.3 is 0 Å². The van der Waals surface area contributed by atoms with Crippen molar-refractivity contribution in [3.8, 4) is 0 Å². The lowest BCUT2D eigenvalue weighted by atomic mass is 10.1. The number of thiophene rings is 1. The first kappa shape index (κ1) is 14.0. The Morgan fingerprint density at radius 2 is 2.45 bits per heavy atom. The molecule has 0 bridgehead atoms. The summed E-state index contributed by atoms with van der Waals surface area (Å²) in [4.78, 5) is 14.8. The first-order valence-electron chi connectivity index (χ1n) is 7.49. The highest BCUT2D eigenvalue weighted by Gasteiger charge is 2.43. The smallest absolute Gasteiger partial charge is 0.241 e. The minimum Gasteiger partial charge on any atom is -0.379 e. The molecular weight excluding hydrogens is 272 g/mol. The van der Waals surface area contributed by atoms with Crippen LogP contribution in [0.4, 0.5) is 0 Å². The molecule has 0 spiro atoms. The minimum atomic E-state index is -0.0274. The van der Waals surface area contributed by atoms with Crippen molar-refractivity contribution in [2.75, 3.05) is 13.2 Å². The molecule has 1 N–H and O–H groups in total. The molecule has 2 saturated heterocycles. The van der Waals surface area contributed by atoms with E-state index in [4.69, 9.17) is 4.74 Å². The summed E-state index contributed by atoms with van der Waals surface area (Å²) in [5, 5.41) is 7.74. The molecule has 5 heteroatoms. The standard InChI is InChI=1S/C15H22N2O2S/c1-2-3-4-13-15(18)17(12-5-7-19-9-12)14(16-13)11-6-8-20-10-11/h6,8,10,12-14,16H,2-5,7,9H2,1H3. The van der Waals surface area contributed by atoms with Crippen LogP contribution in [-0.4, -0.2) is 36.1 Å². The lowest BCUT2D eigenvalue weighted by Crippen LogP contribution is -2.40. The van der Waals surface area contributed by atoms with Crippen molar-refractivity contribution in [2.24, 2.45) is 0 Å². The van der Waals surface area contributed by atoms with Gasteiger partial charge in [-0.1, -0.05) is 19.8 Å². The summed E-state index contributed by atoms with van der Waals surface area (Å²) >= 11 is 1.68. The molecule has 3 heterocycles. The molecule has 1 amide bonds. The van der Waals surface area contributed by atoms with Crippen LogP contribution < -0.4 is 5.32 Å². The second-order valence-corrected chi connectivity index (χ2v) is 6.36. The lowest BCUT2D eigenvalue weighted by molar-refractivity contribution is -0.132. The number of nitrogens with zero attached hydrogens (tertiary/aromatic N) is 1. The molecule has 0 aromatic carbocycles. The number of rotatable bonds is 5. The number of unbranched alkanes of at least 4 members (excludes halogenated alkanes) is 1. The molecule has 110 valence electrons. The Kier molecular flexibility index (Phi) is 4.38. The van der Waals surface area contributed by atoms with E-state index in [0.717, 1.165) is 32.3 Å². The Bertz CT molecular complexity index is 443. The van der Waals surface area contributed by atoms with Crippen LogP contribution in [0.15, 0.2) is 16.8 Å². The summed E-state index contributed by atoms with van der Waals surface area (Å²) in [6.07, 6.45) is 4.13. The highest BCUT2D eigenvalue weighted by atomic mass is 32.1. The van der Waals surface area contributed by atoms with Crippen LogP contribution in [0, 0.1) is 0 Å². The molecule has 0 aliphatic carbocycles. The molecule has 3 rings (SSSR count). The van der Waals surface area contributed by atoms with E-state index in [1.54, 1.807) is 11.3 Å². The van der Waals surface area contributed by atoms with Crippen LogP contribution in [0.2, 0.25) is 0 Å². The van der Waals surface area contributed by atoms with E-state index in [1.165, 1.54) is 5.56 Å². The van der Waals surface area contributed by atoms with E-state index >= 15 is 0 Å². The SMILES string of the molecule is CCCCC1NC(c2ccsc2)N(C2CCOC2)C1=O. The molecule has 2 aliphatic rings. The van der Waals surface area contributed by atoms with Crippen molar-refractivity contribution in [2.45, 2.75) is 50.9 Å². The highest BCUT2D eigenvalue weighted by molar-refractivity contribution is 7.07. The van der Waals surface area contributed by atoms with E-state index < -0.39 is 0 Å². The summed E-state index contributed by atoms with van der Waals surface area (Å²) in [7, 11) is 0. The van der Waals surface area contributed by atoms with Gasteiger partial charge in [0.1, 0.15) is 6.17 Å². The zero-order valence-corrected chi connectivity index (χ0v) is 12.7. The van der Waals surface area contributed by atoms with Crippen molar-refractivity contribution in [1.82, 2.24) is 10.2 Å². The van der Waals surface area contributed by atoms with Gasteiger partial charge in [-0.25, -0.2) is 0 Å². The van der Waals surface area contributed by atoms with E-state index in [2.05, 4.69) is 29.1 Å². The molecule has 4 nitrogen and oxygen atoms in total. The predicted molar refractivity (Wildman–Crippen MR) is 79.6 cm³/mol. The normalized spacial score (nSPS) is 30.4. The third-order valence-corrected chi connectivity index (χ3v) is 4.90. The quantitative estimate of drug-likeness (QED) is 0.907. The Morgan fingerprint density at radius 1 is 1.55 bits per heavy atom. The van der Waals surface area contributed by atoms with Crippen molar-refractivity contribution < 1.29 is 9.53 Å². The highest BCUT2D eigenvalue weighted by Crippen LogP contribution is 2.32. The number of hydrogen-bond acceptors (Lipinski definition) is 4. The van der Waals surface area contributed by atoms with E-state index in [0.29, 0.717) is 6.61 Å². The van der Waals surface area contributed by atoms with Crippen molar-refractivity contribution in [3.05, 3.63) is 22.4 Å². The van der Waals surface area contributed by atoms with Crippen LogP contribution in [0.5, 0.6) is 0 Å². The molecule has 0 radical (unpaired) electrons. The third-order valence-electron chi connectivity index (χ3n) is 4.19. The lowest BCUT2D eigenvalue weighted by Gasteiger charge is -2.28. The van der Waals surface area contributed by atoms with Crippen LogP contribution >= 0.6 is 11.3 Å². The fourth-order valence-electron chi connectivity index (χ4n) is 3.08. The molecule has 1 aromatic rings. The third kappa shape index (κ3) is 2.62. The molecule has 0 saturated carbocycles. The van der Waals surface area contributed by atoms with Gasteiger partial charge in [0.15, 0.2) is 0 Å². The fraction of sp³-hybridized carbons (Fsp3) is 0.667. The number of nitrogens with one attached hydrogen (secondary N) is 1. The summed E-state index contributed by atoms with van der Waals surface area (Å²) in [5.74, 6) is 0.255. The number of ether oxygens (including phenoxy) is 1. The molecule has 1 aromatic heterocycles. The number of carbonyl (C=O) groups excluding carboxylic acids is 1. The van der Waals surface area contributed by atoms with Crippen LogP contribution in [0.25, 0.3) is 0 Å². The Balaban J connectivity index is 1.80. The van der Waals surface area contributed by atoms with Gasteiger partial charge in [-0.3, -0.25) is 10.1 Å². The molecule has 3 atom stereocenters. The zero-order chi connectivity index (χ0) is 13.9. The summed E-state index contributed by atoms with van der Waals surface area (Å²) in [6, 6.07) is 2.31. The first-order chi connectivity index (χ1) is 9.81. The van der Waals surface area contributed by atoms with Gasteiger partial charge in [-0.2, -0.15) is 11.3 Å². The van der Waals surface area contributed by atoms with Gasteiger partial charge < -0.3 is 9.64 Å². The van der Waals surface area contributed by atoms with Gasteiger partial charge in [0.25, 0.3) is 0 Å². The second-order valence-electron chi connectivity index (χ2n) is 5.58.